The van der Waals surface area contributed by atoms with E-state index in [-0.39, 0.29) is 21.4 Å². The summed E-state index contributed by atoms with van der Waals surface area (Å²) in [6, 6.07) is 6.13. The van der Waals surface area contributed by atoms with Gasteiger partial charge in [-0.2, -0.15) is 5.26 Å². The van der Waals surface area contributed by atoms with E-state index >= 15 is 0 Å². The highest BCUT2D eigenvalue weighted by Crippen LogP contribution is 2.30. The normalized spacial score (nSPS) is 11.6. The van der Waals surface area contributed by atoms with Crippen LogP contribution >= 0.6 is 0 Å². The average Bonchev–Trinajstić information content (AvgIpc) is 3.07. The van der Waals surface area contributed by atoms with Gasteiger partial charge in [-0.1, -0.05) is 12.1 Å². The van der Waals surface area contributed by atoms with Crippen molar-refractivity contribution in [2.24, 2.45) is 0 Å². The van der Waals surface area contributed by atoms with E-state index in [0.29, 0.717) is 12.1 Å². The quantitative estimate of drug-likeness (QED) is 0.595. The van der Waals surface area contributed by atoms with Crippen molar-refractivity contribution in [3.8, 4) is 11.8 Å². The van der Waals surface area contributed by atoms with Gasteiger partial charge in [0, 0.05) is 34.8 Å². The predicted octanol–water partition coefficient (Wildman–Crippen LogP) is 4.09. The number of nitrogens with zero attached hydrogens (tertiary/aromatic N) is 1. The summed E-state index contributed by atoms with van der Waals surface area (Å²) in [7, 11) is -4.37. The predicted molar refractivity (Wildman–Crippen MR) is 91.5 cm³/mol. The van der Waals surface area contributed by atoms with Crippen LogP contribution in [-0.4, -0.2) is 20.0 Å². The first-order valence-electron chi connectivity index (χ1n) is 7.63. The molecule has 0 saturated carbocycles. The smallest absolute Gasteiger partial charge is 0.264 e. The molecule has 28 heavy (non-hydrogen) atoms. The van der Waals surface area contributed by atoms with Gasteiger partial charge in [-0.15, -0.1) is 0 Å². The molecule has 6 nitrogen and oxygen atoms in total. The van der Waals surface area contributed by atoms with E-state index in [9.17, 15) is 26.0 Å². The Balaban J connectivity index is 1.95. The molecule has 0 aliphatic heterocycles. The third-order valence-corrected chi connectivity index (χ3v) is 5.17. The zero-order chi connectivity index (χ0) is 20.5. The maximum atomic E-state index is 14.1. The molecule has 0 fully saturated rings. The Bertz CT molecular complexity index is 1190. The van der Waals surface area contributed by atoms with Crippen molar-refractivity contribution in [3.05, 3.63) is 53.7 Å². The lowest BCUT2D eigenvalue weighted by atomic mass is 10.2. The van der Waals surface area contributed by atoms with Crippen LogP contribution in [0.25, 0.3) is 10.9 Å². The number of hydrogen-bond acceptors (Lipinski definition) is 4. The number of fused-ring (bicyclic) bond motifs is 1. The Morgan fingerprint density at radius 2 is 1.93 bits per heavy atom. The second kappa shape index (κ2) is 7.40. The molecule has 1 heterocycles. The molecular weight excluding hydrogens is 402 g/mol. The first-order chi connectivity index (χ1) is 13.2. The van der Waals surface area contributed by atoms with Gasteiger partial charge < -0.3 is 9.72 Å². The van der Waals surface area contributed by atoms with Crippen molar-refractivity contribution in [2.45, 2.75) is 11.3 Å². The van der Waals surface area contributed by atoms with Crippen LogP contribution in [0.15, 0.2) is 41.4 Å². The number of benzene rings is 2. The summed E-state index contributed by atoms with van der Waals surface area (Å²) in [5, 5.41) is 8.51. The van der Waals surface area contributed by atoms with E-state index in [4.69, 9.17) is 10.00 Å². The maximum Gasteiger partial charge on any atom is 0.264 e. The molecule has 0 saturated heterocycles. The van der Waals surface area contributed by atoms with Gasteiger partial charge in [0.1, 0.15) is 11.0 Å². The number of aromatic amines is 1. The van der Waals surface area contributed by atoms with Gasteiger partial charge in [-0.3, -0.25) is 4.72 Å². The highest BCUT2D eigenvalue weighted by Gasteiger charge is 2.23. The molecule has 0 bridgehead atoms. The molecule has 0 aliphatic rings. The minimum absolute atomic E-state index is 0.103. The lowest BCUT2D eigenvalue weighted by Gasteiger charge is -2.11. The van der Waals surface area contributed by atoms with Gasteiger partial charge in [0.25, 0.3) is 16.4 Å². The molecule has 0 amide bonds. The second-order valence-electron chi connectivity index (χ2n) is 5.57. The summed E-state index contributed by atoms with van der Waals surface area (Å²) in [6.45, 7) is -0.516. The summed E-state index contributed by atoms with van der Waals surface area (Å²) >= 11 is 0. The van der Waals surface area contributed by atoms with Gasteiger partial charge >= 0.3 is 0 Å². The van der Waals surface area contributed by atoms with Crippen LogP contribution in [0, 0.1) is 23.0 Å². The molecule has 2 N–H and O–H groups in total. The summed E-state index contributed by atoms with van der Waals surface area (Å²) in [5.74, 6) is -2.75. The number of rotatable bonds is 6. The maximum absolute atomic E-state index is 14.1. The van der Waals surface area contributed by atoms with Crippen molar-refractivity contribution < 1.29 is 30.7 Å². The van der Waals surface area contributed by atoms with Crippen LogP contribution < -0.4 is 9.46 Å². The SMILES string of the molecule is N#CCOc1cc(F)c(NS(=O)(=O)c2c[nH]c3cc(C(F)F)ccc23)cc1F. The minimum Gasteiger partial charge on any atom is -0.476 e. The molecule has 0 radical (unpaired) electrons. The van der Waals surface area contributed by atoms with Gasteiger partial charge in [0.15, 0.2) is 24.0 Å². The zero-order valence-corrected chi connectivity index (χ0v) is 14.7. The number of nitrogens with one attached hydrogen (secondary N) is 2. The standard InChI is InChI=1S/C17H11F4N3O3S/c18-11-7-15(27-4-3-22)12(19)6-14(11)24-28(25,26)16-8-23-13-5-9(17(20)21)1-2-10(13)16/h1-2,5-8,17,23-24H,4H2. The fourth-order valence-electron chi connectivity index (χ4n) is 2.50. The lowest BCUT2D eigenvalue weighted by molar-refractivity contribution is 0.151. The number of H-pyrrole nitrogens is 1. The summed E-state index contributed by atoms with van der Waals surface area (Å²) in [4.78, 5) is 2.24. The molecule has 1 aromatic heterocycles. The minimum atomic E-state index is -4.37. The molecular formula is C17H11F4N3O3S. The molecule has 3 rings (SSSR count). The lowest BCUT2D eigenvalue weighted by Crippen LogP contribution is -2.14. The monoisotopic (exact) mass is 413 g/mol. The average molecular weight is 413 g/mol. The molecule has 0 aliphatic carbocycles. The second-order valence-corrected chi connectivity index (χ2v) is 7.22. The highest BCUT2D eigenvalue weighted by molar-refractivity contribution is 7.93. The number of ether oxygens (including phenoxy) is 1. The fourth-order valence-corrected chi connectivity index (χ4v) is 3.74. The first kappa shape index (κ1) is 19.5. The third-order valence-electron chi connectivity index (χ3n) is 3.77. The number of sulfonamides is 1. The molecule has 146 valence electrons. The van der Waals surface area contributed by atoms with Gasteiger partial charge in [0.05, 0.1) is 5.69 Å². The summed E-state index contributed by atoms with van der Waals surface area (Å²) in [6.07, 6.45) is -1.68. The van der Waals surface area contributed by atoms with Crippen molar-refractivity contribution in [1.82, 2.24) is 4.98 Å². The first-order valence-corrected chi connectivity index (χ1v) is 9.12. The Morgan fingerprint density at radius 1 is 1.18 bits per heavy atom. The van der Waals surface area contributed by atoms with E-state index in [1.165, 1.54) is 6.07 Å². The van der Waals surface area contributed by atoms with Crippen molar-refractivity contribution >= 4 is 26.6 Å². The van der Waals surface area contributed by atoms with Crippen LogP contribution in [0.5, 0.6) is 5.75 Å². The van der Waals surface area contributed by atoms with E-state index < -0.39 is 46.1 Å². The zero-order valence-electron chi connectivity index (χ0n) is 13.8. The van der Waals surface area contributed by atoms with Gasteiger partial charge in [-0.25, -0.2) is 26.0 Å². The Labute approximate surface area is 156 Å². The fraction of sp³-hybridized carbons (Fsp3) is 0.118. The topological polar surface area (TPSA) is 95.0 Å². The number of hydrogen-bond donors (Lipinski definition) is 2. The van der Waals surface area contributed by atoms with Crippen LogP contribution in [0.1, 0.15) is 12.0 Å². The summed E-state index contributed by atoms with van der Waals surface area (Å²) < 4.78 is 85.4. The van der Waals surface area contributed by atoms with Gasteiger partial charge in [0.2, 0.25) is 0 Å². The van der Waals surface area contributed by atoms with Crippen LogP contribution in [0.2, 0.25) is 0 Å². The van der Waals surface area contributed by atoms with Gasteiger partial charge in [-0.05, 0) is 6.07 Å². The number of nitriles is 1. The van der Waals surface area contributed by atoms with Crippen molar-refractivity contribution in [2.75, 3.05) is 11.3 Å². The Morgan fingerprint density at radius 3 is 2.61 bits per heavy atom. The summed E-state index contributed by atoms with van der Waals surface area (Å²) in [5.41, 5.74) is -0.835. The molecule has 0 unspecified atom stereocenters. The highest BCUT2D eigenvalue weighted by atomic mass is 32.2. The van der Waals surface area contributed by atoms with Crippen LogP contribution in [-0.2, 0) is 10.0 Å². The van der Waals surface area contributed by atoms with E-state index in [0.717, 1.165) is 18.3 Å². The molecule has 11 heteroatoms. The largest absolute Gasteiger partial charge is 0.476 e. The Kier molecular flexibility index (Phi) is 5.15. The van der Waals surface area contributed by atoms with E-state index in [1.54, 1.807) is 6.07 Å². The van der Waals surface area contributed by atoms with Crippen molar-refractivity contribution in [3.63, 3.8) is 0 Å². The number of alkyl halides is 2. The van der Waals surface area contributed by atoms with E-state index in [1.807, 2.05) is 4.72 Å². The number of aromatic nitrogens is 1. The number of halogens is 4. The molecule has 2 aromatic carbocycles. The molecule has 3 aromatic rings. The van der Waals surface area contributed by atoms with Crippen LogP contribution in [0.3, 0.4) is 0 Å². The Hall–Kier alpha value is -3.26. The van der Waals surface area contributed by atoms with Crippen LogP contribution in [0.4, 0.5) is 23.2 Å². The van der Waals surface area contributed by atoms with E-state index in [2.05, 4.69) is 4.98 Å². The number of anilines is 1. The van der Waals surface area contributed by atoms with Crippen molar-refractivity contribution in [1.29, 1.82) is 5.26 Å². The molecule has 0 spiro atoms. The molecule has 0 atom stereocenters. The third kappa shape index (κ3) is 3.72.